The van der Waals surface area contributed by atoms with Gasteiger partial charge in [-0.05, 0) is 55.5 Å². The molecular weight excluding hydrogens is 524 g/mol. The molecule has 1 unspecified atom stereocenters. The number of carbonyl (C=O) groups is 2. The summed E-state index contributed by atoms with van der Waals surface area (Å²) < 4.78 is 1.64. The zero-order valence-electron chi connectivity index (χ0n) is 17.3. The summed E-state index contributed by atoms with van der Waals surface area (Å²) in [5.74, 6) is -0.725. The van der Waals surface area contributed by atoms with Crippen molar-refractivity contribution in [3.63, 3.8) is 0 Å². The highest BCUT2D eigenvalue weighted by atomic mass is 79.9. The van der Waals surface area contributed by atoms with Gasteiger partial charge in [-0.2, -0.15) is 0 Å². The lowest BCUT2D eigenvalue weighted by molar-refractivity contribution is -0.133. The Kier molecular flexibility index (Phi) is 6.99. The smallest absolute Gasteiger partial charge is 0.339 e. The number of halogens is 2. The molecule has 0 aliphatic carbocycles. The average molecular weight is 546 g/mol. The molecule has 3 amide bonds. The Hall–Kier alpha value is -2.48. The van der Waals surface area contributed by atoms with Gasteiger partial charge in [0.25, 0.3) is 11.6 Å². The molecule has 1 aliphatic heterocycles. The van der Waals surface area contributed by atoms with Gasteiger partial charge in [0.15, 0.2) is 0 Å². The molecule has 1 aliphatic rings. The van der Waals surface area contributed by atoms with E-state index in [1.54, 1.807) is 72.8 Å². The van der Waals surface area contributed by atoms with Crippen LogP contribution >= 0.6 is 31.9 Å². The Morgan fingerprint density at radius 3 is 1.68 bits per heavy atom. The predicted molar refractivity (Wildman–Crippen MR) is 130 cm³/mol. The molecule has 0 aromatic heterocycles. The van der Waals surface area contributed by atoms with Gasteiger partial charge in [0.05, 0.1) is 5.69 Å². The van der Waals surface area contributed by atoms with Crippen LogP contribution in [0.5, 0.6) is 0 Å². The SMILES string of the molecule is CC.Cc1ccc(C2(O)C(=O)N(c3ccc(Br)cc3)C(=O)N2c2ccc(Br)cc2)cc1. The van der Waals surface area contributed by atoms with Gasteiger partial charge in [-0.1, -0.05) is 75.5 Å². The quantitative estimate of drug-likeness (QED) is 0.389. The maximum Gasteiger partial charge on any atom is 0.339 e. The topological polar surface area (TPSA) is 60.9 Å². The van der Waals surface area contributed by atoms with Crippen molar-refractivity contribution >= 4 is 55.2 Å². The van der Waals surface area contributed by atoms with Crippen LogP contribution in [0.2, 0.25) is 0 Å². The van der Waals surface area contributed by atoms with E-state index in [-0.39, 0.29) is 0 Å². The number of carbonyl (C=O) groups excluding carboxylic acids is 2. The van der Waals surface area contributed by atoms with E-state index >= 15 is 0 Å². The Bertz CT molecular complexity index is 1080. The maximum atomic E-state index is 13.5. The van der Waals surface area contributed by atoms with Crippen LogP contribution in [0.15, 0.2) is 81.7 Å². The summed E-state index contributed by atoms with van der Waals surface area (Å²) in [6.45, 7) is 5.91. The lowest BCUT2D eigenvalue weighted by atomic mass is 9.99. The number of anilines is 2. The molecule has 160 valence electrons. The van der Waals surface area contributed by atoms with Crippen molar-refractivity contribution in [2.45, 2.75) is 26.5 Å². The molecule has 0 saturated carbocycles. The zero-order valence-corrected chi connectivity index (χ0v) is 20.5. The van der Waals surface area contributed by atoms with Crippen LogP contribution < -0.4 is 9.80 Å². The molecule has 1 atom stereocenters. The van der Waals surface area contributed by atoms with Gasteiger partial charge in [-0.3, -0.25) is 9.69 Å². The van der Waals surface area contributed by atoms with E-state index in [0.29, 0.717) is 16.9 Å². The van der Waals surface area contributed by atoms with Gasteiger partial charge in [0.1, 0.15) is 0 Å². The lowest BCUT2D eigenvalue weighted by Gasteiger charge is -2.30. The van der Waals surface area contributed by atoms with E-state index in [9.17, 15) is 14.7 Å². The summed E-state index contributed by atoms with van der Waals surface area (Å²) in [5, 5.41) is 11.7. The number of aliphatic hydroxyl groups is 1. The summed E-state index contributed by atoms with van der Waals surface area (Å²) >= 11 is 6.72. The molecule has 31 heavy (non-hydrogen) atoms. The largest absolute Gasteiger partial charge is 0.359 e. The lowest BCUT2D eigenvalue weighted by Crippen LogP contribution is -2.47. The first kappa shape index (κ1) is 23.2. The highest BCUT2D eigenvalue weighted by Crippen LogP contribution is 2.41. The second-order valence-corrected chi connectivity index (χ2v) is 8.58. The molecule has 3 aromatic carbocycles. The van der Waals surface area contributed by atoms with E-state index in [1.165, 1.54) is 0 Å². The Morgan fingerprint density at radius 1 is 0.742 bits per heavy atom. The molecule has 0 bridgehead atoms. The monoisotopic (exact) mass is 544 g/mol. The van der Waals surface area contributed by atoms with Crippen LogP contribution in [0.1, 0.15) is 25.0 Å². The third-order valence-electron chi connectivity index (χ3n) is 4.83. The van der Waals surface area contributed by atoms with Crippen LogP contribution in [-0.4, -0.2) is 17.0 Å². The Balaban J connectivity index is 0.00000132. The van der Waals surface area contributed by atoms with Gasteiger partial charge in [-0.25, -0.2) is 9.69 Å². The van der Waals surface area contributed by atoms with Crippen molar-refractivity contribution in [1.82, 2.24) is 0 Å². The van der Waals surface area contributed by atoms with E-state index in [1.807, 2.05) is 20.8 Å². The fourth-order valence-corrected chi connectivity index (χ4v) is 3.85. The van der Waals surface area contributed by atoms with Crippen LogP contribution in [0.4, 0.5) is 16.2 Å². The van der Waals surface area contributed by atoms with Gasteiger partial charge < -0.3 is 5.11 Å². The summed E-state index contributed by atoms with van der Waals surface area (Å²) in [5.41, 5.74) is -0.0632. The second-order valence-electron chi connectivity index (χ2n) is 6.75. The minimum Gasteiger partial charge on any atom is -0.359 e. The van der Waals surface area contributed by atoms with Crippen molar-refractivity contribution in [2.24, 2.45) is 0 Å². The molecule has 1 heterocycles. The van der Waals surface area contributed by atoms with Crippen molar-refractivity contribution < 1.29 is 14.7 Å². The van der Waals surface area contributed by atoms with Crippen LogP contribution in [0.3, 0.4) is 0 Å². The maximum absolute atomic E-state index is 13.5. The fraction of sp³-hybridized carbons (Fsp3) is 0.167. The molecule has 1 N–H and O–H groups in total. The minimum absolute atomic E-state index is 0.323. The summed E-state index contributed by atoms with van der Waals surface area (Å²) in [6, 6.07) is 20.0. The number of imide groups is 1. The molecule has 0 radical (unpaired) electrons. The minimum atomic E-state index is -2.16. The molecule has 1 fully saturated rings. The molecule has 4 rings (SSSR count). The third-order valence-corrected chi connectivity index (χ3v) is 5.89. The molecule has 5 nitrogen and oxygen atoms in total. The predicted octanol–water partition coefficient (Wildman–Crippen LogP) is 6.36. The number of amides is 3. The highest BCUT2D eigenvalue weighted by Gasteiger charge is 2.59. The molecule has 1 saturated heterocycles. The fourth-order valence-electron chi connectivity index (χ4n) is 3.32. The van der Waals surface area contributed by atoms with Gasteiger partial charge >= 0.3 is 6.03 Å². The summed E-state index contributed by atoms with van der Waals surface area (Å²) in [7, 11) is 0. The van der Waals surface area contributed by atoms with E-state index in [2.05, 4.69) is 31.9 Å². The number of urea groups is 1. The van der Waals surface area contributed by atoms with Gasteiger partial charge in [0.2, 0.25) is 0 Å². The number of rotatable bonds is 3. The first-order valence-electron chi connectivity index (χ1n) is 9.82. The highest BCUT2D eigenvalue weighted by molar-refractivity contribution is 9.10. The second kappa shape index (κ2) is 9.34. The average Bonchev–Trinajstić information content (AvgIpc) is 2.98. The van der Waals surface area contributed by atoms with Gasteiger partial charge in [0, 0.05) is 20.2 Å². The summed E-state index contributed by atoms with van der Waals surface area (Å²) in [6.07, 6.45) is 0. The number of benzene rings is 3. The molecule has 7 heteroatoms. The van der Waals surface area contributed by atoms with Crippen molar-refractivity contribution in [1.29, 1.82) is 0 Å². The molecule has 0 spiro atoms. The van der Waals surface area contributed by atoms with Crippen LogP contribution in [-0.2, 0) is 10.5 Å². The van der Waals surface area contributed by atoms with E-state index in [4.69, 9.17) is 0 Å². The van der Waals surface area contributed by atoms with Crippen LogP contribution in [0.25, 0.3) is 0 Å². The Labute approximate surface area is 198 Å². The van der Waals surface area contributed by atoms with Crippen molar-refractivity contribution in [3.05, 3.63) is 92.9 Å². The summed E-state index contributed by atoms with van der Waals surface area (Å²) in [4.78, 5) is 29.0. The Morgan fingerprint density at radius 2 is 1.19 bits per heavy atom. The number of hydrogen-bond donors (Lipinski definition) is 1. The molecule has 3 aromatic rings. The number of hydrogen-bond acceptors (Lipinski definition) is 3. The number of nitrogens with zero attached hydrogens (tertiary/aromatic N) is 2. The van der Waals surface area contributed by atoms with E-state index in [0.717, 1.165) is 24.3 Å². The zero-order chi connectivity index (χ0) is 22.8. The van der Waals surface area contributed by atoms with Crippen molar-refractivity contribution in [2.75, 3.05) is 9.80 Å². The third kappa shape index (κ3) is 4.18. The number of aryl methyl sites for hydroxylation is 1. The van der Waals surface area contributed by atoms with Crippen molar-refractivity contribution in [3.8, 4) is 0 Å². The first-order valence-corrected chi connectivity index (χ1v) is 11.4. The van der Waals surface area contributed by atoms with Crippen LogP contribution in [0, 0.1) is 6.92 Å². The first-order chi connectivity index (χ1) is 14.8. The molecular formula is C24H22Br2N2O3. The standard InChI is InChI=1S/C22H16Br2N2O3.C2H6/c1-14-2-4-15(5-3-14)22(29)20(27)25(18-10-6-16(23)7-11-18)21(28)26(22)19-12-8-17(24)9-13-19;1-2/h2-13,29H,1H3;1-2H3. The normalized spacial score (nSPS) is 18.1. The van der Waals surface area contributed by atoms with E-state index < -0.39 is 17.7 Å². The van der Waals surface area contributed by atoms with Gasteiger partial charge in [-0.15, -0.1) is 0 Å².